The molecule has 2 fully saturated rings. The fourth-order valence-electron chi connectivity index (χ4n) is 4.21. The number of hydrogen-bond acceptors (Lipinski definition) is 10. The summed E-state index contributed by atoms with van der Waals surface area (Å²) >= 11 is 3.24. The molecule has 10 nitrogen and oxygen atoms in total. The van der Waals surface area contributed by atoms with Gasteiger partial charge in [0, 0.05) is 47.9 Å². The molecule has 1 aliphatic heterocycles. The smallest absolute Gasteiger partial charge is 0.280 e. The number of alkyl halides is 1. The molecule has 2 aromatic heterocycles. The highest BCUT2D eigenvalue weighted by molar-refractivity contribution is 14.1. The molecule has 1 aromatic carbocycles. The lowest BCUT2D eigenvalue weighted by Crippen LogP contribution is -2.25. The van der Waals surface area contributed by atoms with E-state index in [9.17, 15) is 14.1 Å². The highest BCUT2D eigenvalue weighted by Gasteiger charge is 2.32. The van der Waals surface area contributed by atoms with Gasteiger partial charge >= 0.3 is 0 Å². The molecule has 3 aromatic rings. The average Bonchev–Trinajstić information content (AvgIpc) is 3.59. The van der Waals surface area contributed by atoms with E-state index in [0.717, 1.165) is 32.4 Å². The van der Waals surface area contributed by atoms with Crippen LogP contribution >= 0.6 is 33.9 Å². The van der Waals surface area contributed by atoms with Crippen molar-refractivity contribution in [2.24, 2.45) is 5.16 Å². The van der Waals surface area contributed by atoms with Crippen molar-refractivity contribution < 1.29 is 23.7 Å². The van der Waals surface area contributed by atoms with Crippen molar-refractivity contribution >= 4 is 76.4 Å². The summed E-state index contributed by atoms with van der Waals surface area (Å²) in [5.41, 5.74) is 1.17. The molecule has 1 amide bonds. The quantitative estimate of drug-likeness (QED) is 0.104. The molecule has 1 aliphatic carbocycles. The number of hydrogen-bond donors (Lipinski definition) is 2. The third kappa shape index (κ3) is 6.88. The number of nitrogens with zero attached hydrogens (tertiary/aromatic N) is 4. The van der Waals surface area contributed by atoms with Crippen LogP contribution in [-0.4, -0.2) is 83.9 Å². The van der Waals surface area contributed by atoms with Crippen LogP contribution in [0.3, 0.4) is 0 Å². The van der Waals surface area contributed by atoms with Crippen LogP contribution in [0.2, 0.25) is 0 Å². The number of likely N-dealkylation sites (tertiary alicyclic amines) is 1. The number of aromatic nitrogens is 2. The average molecular weight is 684 g/mol. The van der Waals surface area contributed by atoms with Crippen LogP contribution in [-0.2, 0) is 19.2 Å². The molecule has 1 saturated heterocycles. The van der Waals surface area contributed by atoms with Gasteiger partial charge in [0.15, 0.2) is 15.0 Å². The first-order valence-electron chi connectivity index (χ1n) is 12.6. The van der Waals surface area contributed by atoms with E-state index in [1.54, 1.807) is 30.3 Å². The summed E-state index contributed by atoms with van der Waals surface area (Å²) in [5, 5.41) is 16.6. The van der Waals surface area contributed by atoms with Crippen LogP contribution in [0.25, 0.3) is 10.3 Å². The minimum absolute atomic E-state index is 0.0322. The van der Waals surface area contributed by atoms with Gasteiger partial charge in [0.25, 0.3) is 5.91 Å². The van der Waals surface area contributed by atoms with Crippen LogP contribution in [0.15, 0.2) is 46.4 Å². The second-order valence-corrected chi connectivity index (χ2v) is 14.6. The van der Waals surface area contributed by atoms with Crippen LogP contribution in [0.4, 0.5) is 5.13 Å². The summed E-state index contributed by atoms with van der Waals surface area (Å²) in [6.45, 7) is 1.78. The molecular formula is C26H30IN5O5S2. The SMILES string of the molecule is C=S(=O)(c1ccc(/C(=N\O[C@@H](I)CCO)C(=O)Nc2nc3ccc(O[C@H]4CCN(C)C4)nc3s2)cc1)C1CC1. The highest BCUT2D eigenvalue weighted by atomic mass is 127. The Kier molecular flexibility index (Phi) is 8.71. The van der Waals surface area contributed by atoms with Crippen molar-refractivity contribution in [2.75, 3.05) is 32.1 Å². The number of oxime groups is 1. The van der Waals surface area contributed by atoms with Crippen LogP contribution in [0.1, 0.15) is 31.2 Å². The molecule has 0 radical (unpaired) electrons. The number of carbonyl (C=O) groups excluding carboxylic acids is 1. The zero-order valence-electron chi connectivity index (χ0n) is 21.4. The van der Waals surface area contributed by atoms with Gasteiger partial charge in [0.05, 0.1) is 0 Å². The van der Waals surface area contributed by atoms with E-state index in [4.69, 9.17) is 9.57 Å². The predicted octanol–water partition coefficient (Wildman–Crippen LogP) is 3.51. The minimum atomic E-state index is -2.37. The summed E-state index contributed by atoms with van der Waals surface area (Å²) in [7, 11) is -0.303. The number of thiazole rings is 1. The largest absolute Gasteiger partial charge is 0.473 e. The first kappa shape index (κ1) is 28.2. The van der Waals surface area contributed by atoms with E-state index in [2.05, 4.69) is 38.3 Å². The number of amides is 1. The van der Waals surface area contributed by atoms with Gasteiger partial charge in [-0.05, 0) is 82.5 Å². The Morgan fingerprint density at radius 2 is 2.05 bits per heavy atom. The number of aliphatic hydroxyl groups excluding tert-OH is 1. The lowest BCUT2D eigenvalue weighted by atomic mass is 10.1. The topological polar surface area (TPSA) is 126 Å². The lowest BCUT2D eigenvalue weighted by molar-refractivity contribution is -0.110. The second kappa shape index (κ2) is 12.0. The number of pyridine rings is 1. The van der Waals surface area contributed by atoms with Crippen molar-refractivity contribution in [3.63, 3.8) is 0 Å². The Morgan fingerprint density at radius 1 is 1.28 bits per heavy atom. The molecule has 1 unspecified atom stereocenters. The summed E-state index contributed by atoms with van der Waals surface area (Å²) < 4.78 is 18.6. The van der Waals surface area contributed by atoms with E-state index in [0.29, 0.717) is 38.2 Å². The van der Waals surface area contributed by atoms with Gasteiger partial charge in [-0.15, -0.1) is 0 Å². The van der Waals surface area contributed by atoms with Crippen LogP contribution < -0.4 is 10.1 Å². The number of aliphatic hydroxyl groups is 1. The normalized spacial score (nSPS) is 20.5. The summed E-state index contributed by atoms with van der Waals surface area (Å²) in [6.07, 6.45) is 3.24. The second-order valence-electron chi connectivity index (χ2n) is 9.66. The molecule has 2 aliphatic rings. The third-order valence-electron chi connectivity index (χ3n) is 6.51. The van der Waals surface area contributed by atoms with Gasteiger partial charge in [-0.3, -0.25) is 14.3 Å². The Hall–Kier alpha value is -2.33. The zero-order chi connectivity index (χ0) is 27.6. The molecule has 13 heteroatoms. The monoisotopic (exact) mass is 683 g/mol. The maximum atomic E-state index is 13.4. The van der Waals surface area contributed by atoms with Gasteiger partial charge < -0.3 is 19.6 Å². The lowest BCUT2D eigenvalue weighted by Gasteiger charge is -2.12. The maximum absolute atomic E-state index is 13.4. The van der Waals surface area contributed by atoms with Crippen molar-refractivity contribution in [1.29, 1.82) is 0 Å². The van der Waals surface area contributed by atoms with Gasteiger partial charge in [-0.1, -0.05) is 28.6 Å². The molecule has 3 atom stereocenters. The van der Waals surface area contributed by atoms with E-state index < -0.39 is 19.5 Å². The zero-order valence-corrected chi connectivity index (χ0v) is 25.2. The third-order valence-corrected chi connectivity index (χ3v) is 10.9. The Morgan fingerprint density at radius 3 is 2.72 bits per heavy atom. The number of anilines is 1. The Balaban J connectivity index is 1.34. The molecule has 3 heterocycles. The van der Waals surface area contributed by atoms with Crippen LogP contribution in [0.5, 0.6) is 5.88 Å². The standard InChI is InChI=1S/C26H30IN5O5S2/c1-32-13-11-17(15-32)36-22-10-9-20-25(29-22)38-26(28-20)30-24(34)23(31-37-21(27)12-14-33)16-3-5-18(6-4-16)39(2,35)19-7-8-19/h3-6,9-10,17,19,21,33H,2,7-8,11-15H2,1H3,(H,28,30,34)/b31-23+/t17-,21+,39?/m0/s1. The van der Waals surface area contributed by atoms with E-state index in [-0.39, 0.29) is 23.7 Å². The fourth-order valence-corrected chi connectivity index (χ4v) is 7.31. The first-order valence-corrected chi connectivity index (χ1v) is 16.5. The molecule has 208 valence electrons. The Bertz CT molecular complexity index is 1470. The van der Waals surface area contributed by atoms with Gasteiger partial charge in [-0.2, -0.15) is 0 Å². The van der Waals surface area contributed by atoms with Gasteiger partial charge in [0.2, 0.25) is 5.88 Å². The van der Waals surface area contributed by atoms with Crippen molar-refractivity contribution in [1.82, 2.24) is 14.9 Å². The van der Waals surface area contributed by atoms with Gasteiger partial charge in [-0.25, -0.2) is 9.97 Å². The number of nitrogens with one attached hydrogen (secondary N) is 1. The number of likely N-dealkylation sites (N-methyl/N-ethyl adjacent to an activating group) is 1. The van der Waals surface area contributed by atoms with Crippen molar-refractivity contribution in [2.45, 2.75) is 46.0 Å². The van der Waals surface area contributed by atoms with E-state index in [1.165, 1.54) is 11.3 Å². The number of halogens is 1. The van der Waals surface area contributed by atoms with Crippen molar-refractivity contribution in [3.8, 4) is 5.88 Å². The molecule has 0 bridgehead atoms. The molecule has 2 N–H and O–H groups in total. The predicted molar refractivity (Wildman–Crippen MR) is 163 cm³/mol. The van der Waals surface area contributed by atoms with Crippen molar-refractivity contribution in [3.05, 3.63) is 42.0 Å². The summed E-state index contributed by atoms with van der Waals surface area (Å²) in [5.74, 6) is 3.97. The number of carbonyl (C=O) groups is 1. The molecule has 0 spiro atoms. The summed E-state index contributed by atoms with van der Waals surface area (Å²) in [4.78, 5) is 31.4. The maximum Gasteiger partial charge on any atom is 0.280 e. The van der Waals surface area contributed by atoms with E-state index in [1.807, 2.05) is 28.7 Å². The number of rotatable bonds is 11. The van der Waals surface area contributed by atoms with E-state index >= 15 is 0 Å². The molecule has 39 heavy (non-hydrogen) atoms. The number of fused-ring (bicyclic) bond motifs is 1. The summed E-state index contributed by atoms with van der Waals surface area (Å²) in [6, 6.07) is 10.5. The number of ether oxygens (including phenoxy) is 1. The van der Waals surface area contributed by atoms with Gasteiger partial charge in [0.1, 0.15) is 16.5 Å². The van der Waals surface area contributed by atoms with Crippen LogP contribution in [0, 0.1) is 0 Å². The Labute approximate surface area is 244 Å². The molecular weight excluding hydrogens is 653 g/mol. The fraction of sp³-hybridized carbons (Fsp3) is 0.423. The molecule has 5 rings (SSSR count). The number of benzene rings is 1. The highest BCUT2D eigenvalue weighted by Crippen LogP contribution is 2.33. The minimum Gasteiger partial charge on any atom is -0.473 e. The first-order chi connectivity index (χ1) is 18.7. The molecule has 1 saturated carbocycles.